The third kappa shape index (κ3) is 5.16. The minimum Gasteiger partial charge on any atom is -0.503 e. The van der Waals surface area contributed by atoms with Gasteiger partial charge in [-0.1, -0.05) is 30.5 Å². The summed E-state index contributed by atoms with van der Waals surface area (Å²) in [5, 5.41) is 12.2. The number of hydrogen-bond acceptors (Lipinski definition) is 5. The number of amides is 2. The molecule has 1 aromatic heterocycles. The molecule has 0 radical (unpaired) electrons. The van der Waals surface area contributed by atoms with Crippen molar-refractivity contribution in [3.8, 4) is 18.1 Å². The van der Waals surface area contributed by atoms with Crippen LogP contribution < -0.4 is 10.7 Å². The molecule has 2 aromatic rings. The van der Waals surface area contributed by atoms with Crippen molar-refractivity contribution in [3.05, 3.63) is 62.0 Å². The molecular weight excluding hydrogens is 484 g/mol. The van der Waals surface area contributed by atoms with Crippen molar-refractivity contribution in [1.82, 2.24) is 14.8 Å². The minimum atomic E-state index is -1.08. The number of nitrogens with zero attached hydrogens (tertiary/aromatic N) is 2. The van der Waals surface area contributed by atoms with Crippen molar-refractivity contribution in [2.75, 3.05) is 13.2 Å². The summed E-state index contributed by atoms with van der Waals surface area (Å²) < 4.78 is 34.2. The van der Waals surface area contributed by atoms with Crippen LogP contribution in [0.1, 0.15) is 46.7 Å². The summed E-state index contributed by atoms with van der Waals surface area (Å²) in [6, 6.07) is 0.893. The van der Waals surface area contributed by atoms with E-state index >= 15 is 0 Å². The minimum absolute atomic E-state index is 0.0199. The molecule has 1 unspecified atom stereocenters. The van der Waals surface area contributed by atoms with Crippen LogP contribution in [0.3, 0.4) is 0 Å². The van der Waals surface area contributed by atoms with Crippen molar-refractivity contribution in [2.24, 2.45) is 0 Å². The standard InChI is InChI=1S/C24H24ClF2N3O5/c1-4-8-35-12-13(3)30-15(5-2)10-29-11-16(21(31)22(32)20(29)24(30)34)23(33)28-9-14-6-7-17(26)18(25)19(14)27/h2,6-7,11,13,15,32H,4,8-10,12H2,1,3H3,(H,28,33)/t13-,15?/m1/s1. The van der Waals surface area contributed by atoms with Crippen molar-refractivity contribution < 1.29 is 28.2 Å². The van der Waals surface area contributed by atoms with Crippen LogP contribution in [0, 0.1) is 24.0 Å². The molecule has 0 saturated heterocycles. The molecule has 0 aliphatic carbocycles. The number of carbonyl (C=O) groups excluding carboxylic acids is 2. The lowest BCUT2D eigenvalue weighted by Crippen LogP contribution is -2.53. The summed E-state index contributed by atoms with van der Waals surface area (Å²) in [4.78, 5) is 40.0. The van der Waals surface area contributed by atoms with Gasteiger partial charge in [-0.3, -0.25) is 14.4 Å². The van der Waals surface area contributed by atoms with Crippen LogP contribution >= 0.6 is 11.6 Å². The Kier molecular flexibility index (Phi) is 8.14. The van der Waals surface area contributed by atoms with Gasteiger partial charge in [0.05, 0.1) is 19.2 Å². The summed E-state index contributed by atoms with van der Waals surface area (Å²) in [6.07, 6.45) is 7.57. The second kappa shape index (κ2) is 10.9. The van der Waals surface area contributed by atoms with E-state index in [0.29, 0.717) is 6.61 Å². The molecule has 2 N–H and O–H groups in total. The van der Waals surface area contributed by atoms with Gasteiger partial charge < -0.3 is 24.6 Å². The lowest BCUT2D eigenvalue weighted by atomic mass is 10.1. The van der Waals surface area contributed by atoms with Crippen LogP contribution in [0.25, 0.3) is 0 Å². The number of carbonyl (C=O) groups is 2. The Hall–Kier alpha value is -3.42. The van der Waals surface area contributed by atoms with Gasteiger partial charge in [0.1, 0.15) is 28.3 Å². The van der Waals surface area contributed by atoms with E-state index in [1.807, 2.05) is 6.92 Å². The van der Waals surface area contributed by atoms with Crippen LogP contribution in [0.2, 0.25) is 5.02 Å². The number of fused-ring (bicyclic) bond motifs is 1. The van der Waals surface area contributed by atoms with E-state index < -0.39 is 63.8 Å². The first-order valence-electron chi connectivity index (χ1n) is 10.9. The number of rotatable bonds is 8. The lowest BCUT2D eigenvalue weighted by molar-refractivity contribution is 0.0322. The fourth-order valence-electron chi connectivity index (χ4n) is 3.81. The Labute approximate surface area is 205 Å². The highest BCUT2D eigenvalue weighted by atomic mass is 35.5. The smallest absolute Gasteiger partial charge is 0.275 e. The van der Waals surface area contributed by atoms with Gasteiger partial charge in [-0.2, -0.15) is 0 Å². The monoisotopic (exact) mass is 507 g/mol. The Morgan fingerprint density at radius 1 is 1.40 bits per heavy atom. The molecule has 0 bridgehead atoms. The molecule has 0 saturated carbocycles. The van der Waals surface area contributed by atoms with Gasteiger partial charge in [-0.25, -0.2) is 8.78 Å². The lowest BCUT2D eigenvalue weighted by Gasteiger charge is -2.39. The summed E-state index contributed by atoms with van der Waals surface area (Å²) in [7, 11) is 0. The van der Waals surface area contributed by atoms with E-state index in [4.69, 9.17) is 22.8 Å². The molecule has 0 spiro atoms. The summed E-state index contributed by atoms with van der Waals surface area (Å²) in [6.45, 7) is 4.02. The van der Waals surface area contributed by atoms with Crippen molar-refractivity contribution in [1.29, 1.82) is 0 Å². The largest absolute Gasteiger partial charge is 0.503 e. The number of aromatic nitrogens is 1. The van der Waals surface area contributed by atoms with E-state index in [1.54, 1.807) is 6.92 Å². The number of hydrogen-bond donors (Lipinski definition) is 2. The first-order valence-corrected chi connectivity index (χ1v) is 11.2. The first-order chi connectivity index (χ1) is 16.6. The predicted octanol–water partition coefficient (Wildman–Crippen LogP) is 2.69. The Morgan fingerprint density at radius 3 is 2.77 bits per heavy atom. The number of aromatic hydroxyl groups is 1. The van der Waals surface area contributed by atoms with Gasteiger partial charge in [0.15, 0.2) is 11.4 Å². The number of benzene rings is 1. The molecule has 2 heterocycles. The quantitative estimate of drug-likeness (QED) is 0.325. The molecule has 0 fully saturated rings. The fraction of sp³-hybridized carbons (Fsp3) is 0.375. The van der Waals surface area contributed by atoms with Gasteiger partial charge in [-0.05, 0) is 19.4 Å². The second-order valence-corrected chi connectivity index (χ2v) is 8.44. The molecule has 2 atom stereocenters. The van der Waals surface area contributed by atoms with Gasteiger partial charge in [0, 0.05) is 24.9 Å². The molecule has 2 amide bonds. The van der Waals surface area contributed by atoms with E-state index in [2.05, 4.69) is 11.2 Å². The number of nitrogens with one attached hydrogen (secondary N) is 1. The summed E-state index contributed by atoms with van der Waals surface area (Å²) >= 11 is 5.54. The molecule has 186 valence electrons. The van der Waals surface area contributed by atoms with Crippen molar-refractivity contribution >= 4 is 23.4 Å². The fourth-order valence-corrected chi connectivity index (χ4v) is 3.99. The van der Waals surface area contributed by atoms with Crippen LogP contribution in [0.15, 0.2) is 23.1 Å². The van der Waals surface area contributed by atoms with E-state index in [1.165, 1.54) is 9.47 Å². The number of pyridine rings is 1. The Morgan fingerprint density at radius 2 is 2.11 bits per heavy atom. The van der Waals surface area contributed by atoms with Crippen LogP contribution in [-0.2, 0) is 17.8 Å². The summed E-state index contributed by atoms with van der Waals surface area (Å²) in [5.74, 6) is -1.98. The van der Waals surface area contributed by atoms with Crippen molar-refractivity contribution in [3.63, 3.8) is 0 Å². The van der Waals surface area contributed by atoms with Crippen LogP contribution in [0.5, 0.6) is 5.75 Å². The van der Waals surface area contributed by atoms with Crippen LogP contribution in [0.4, 0.5) is 8.78 Å². The summed E-state index contributed by atoms with van der Waals surface area (Å²) in [5.41, 5.74) is -1.95. The molecule has 1 aliphatic heterocycles. The molecule has 35 heavy (non-hydrogen) atoms. The maximum absolute atomic E-state index is 14.1. The average molecular weight is 508 g/mol. The zero-order valence-corrected chi connectivity index (χ0v) is 19.9. The zero-order valence-electron chi connectivity index (χ0n) is 19.1. The molecule has 11 heteroatoms. The third-order valence-corrected chi connectivity index (χ3v) is 5.92. The number of halogens is 3. The maximum Gasteiger partial charge on any atom is 0.275 e. The van der Waals surface area contributed by atoms with E-state index in [0.717, 1.165) is 24.8 Å². The van der Waals surface area contributed by atoms with Crippen LogP contribution in [-0.4, -0.2) is 51.7 Å². The zero-order chi connectivity index (χ0) is 25.9. The molecular formula is C24H24ClF2N3O5. The highest BCUT2D eigenvalue weighted by Gasteiger charge is 2.38. The van der Waals surface area contributed by atoms with Crippen molar-refractivity contribution in [2.45, 2.75) is 45.4 Å². The third-order valence-electron chi connectivity index (χ3n) is 5.57. The van der Waals surface area contributed by atoms with Gasteiger partial charge in [0.25, 0.3) is 11.8 Å². The Bertz CT molecular complexity index is 1260. The molecule has 3 rings (SSSR count). The predicted molar refractivity (Wildman–Crippen MR) is 124 cm³/mol. The topological polar surface area (TPSA) is 101 Å². The number of ether oxygens (including phenoxy) is 1. The first kappa shape index (κ1) is 26.2. The highest BCUT2D eigenvalue weighted by molar-refractivity contribution is 6.30. The van der Waals surface area contributed by atoms with Gasteiger partial charge in [0.2, 0.25) is 5.43 Å². The molecule has 1 aromatic carbocycles. The second-order valence-electron chi connectivity index (χ2n) is 8.06. The molecule has 1 aliphatic rings. The Balaban J connectivity index is 1.88. The number of terminal acetylenes is 1. The van der Waals surface area contributed by atoms with Gasteiger partial charge >= 0.3 is 0 Å². The molecule has 8 nitrogen and oxygen atoms in total. The maximum atomic E-state index is 14.1. The average Bonchev–Trinajstić information content (AvgIpc) is 2.83. The van der Waals surface area contributed by atoms with E-state index in [-0.39, 0.29) is 24.4 Å². The SMILES string of the molecule is C#CC1Cn2cc(C(=O)NCc3ccc(F)c(Cl)c3F)c(=O)c(O)c2C(=O)N1[C@H](C)COCCC. The van der Waals surface area contributed by atoms with Gasteiger partial charge in [-0.15, -0.1) is 6.42 Å². The van der Waals surface area contributed by atoms with E-state index in [9.17, 15) is 28.3 Å². The normalized spacial score (nSPS) is 15.9. The highest BCUT2D eigenvalue weighted by Crippen LogP contribution is 2.26.